The van der Waals surface area contributed by atoms with E-state index in [0.717, 1.165) is 4.90 Å². The summed E-state index contributed by atoms with van der Waals surface area (Å²) >= 11 is 5.98. The fourth-order valence-corrected chi connectivity index (χ4v) is 2.08. The van der Waals surface area contributed by atoms with Crippen LogP contribution < -0.4 is 10.1 Å². The second kappa shape index (κ2) is 4.86. The van der Waals surface area contributed by atoms with E-state index in [1.54, 1.807) is 18.2 Å². The molecule has 96 valence electrons. The number of benzene rings is 1. The Kier molecular flexibility index (Phi) is 3.43. The first-order chi connectivity index (χ1) is 8.52. The molecule has 0 unspecified atom stereocenters. The van der Waals surface area contributed by atoms with Crippen LogP contribution in [-0.4, -0.2) is 36.9 Å². The number of imide groups is 1. The van der Waals surface area contributed by atoms with Crippen molar-refractivity contribution in [2.45, 2.75) is 12.5 Å². The van der Waals surface area contributed by atoms with Crippen LogP contribution in [0.1, 0.15) is 6.42 Å². The monoisotopic (exact) mass is 268 g/mol. The topological polar surface area (TPSA) is 58.6 Å². The number of methoxy groups -OCH3 is 1. The number of carbonyl (C=O) groups excluding carboxylic acids is 2. The molecule has 1 atom stereocenters. The average Bonchev–Trinajstić information content (AvgIpc) is 2.57. The van der Waals surface area contributed by atoms with Crippen molar-refractivity contribution in [3.8, 4) is 5.75 Å². The van der Waals surface area contributed by atoms with Gasteiger partial charge in [-0.2, -0.15) is 0 Å². The first kappa shape index (κ1) is 12.7. The Bertz CT molecular complexity index is 504. The van der Waals surface area contributed by atoms with Crippen LogP contribution in [-0.2, 0) is 9.59 Å². The van der Waals surface area contributed by atoms with Crippen molar-refractivity contribution in [3.05, 3.63) is 23.2 Å². The fourth-order valence-electron chi connectivity index (χ4n) is 1.83. The lowest BCUT2D eigenvalue weighted by atomic mass is 10.2. The van der Waals surface area contributed by atoms with Crippen molar-refractivity contribution >= 4 is 29.1 Å². The average molecular weight is 269 g/mol. The quantitative estimate of drug-likeness (QED) is 0.845. The van der Waals surface area contributed by atoms with Gasteiger partial charge in [-0.05, 0) is 18.2 Å². The Morgan fingerprint density at radius 2 is 2.17 bits per heavy atom. The van der Waals surface area contributed by atoms with Gasteiger partial charge in [-0.3, -0.25) is 14.5 Å². The van der Waals surface area contributed by atoms with Crippen molar-refractivity contribution in [2.24, 2.45) is 0 Å². The van der Waals surface area contributed by atoms with E-state index in [4.69, 9.17) is 16.3 Å². The Labute approximate surface area is 110 Å². The highest BCUT2D eigenvalue weighted by Gasteiger charge is 2.35. The molecule has 1 aliphatic heterocycles. The Hall–Kier alpha value is -1.75. The highest BCUT2D eigenvalue weighted by Crippen LogP contribution is 2.28. The number of amides is 2. The highest BCUT2D eigenvalue weighted by molar-refractivity contribution is 6.32. The molecule has 18 heavy (non-hydrogen) atoms. The number of likely N-dealkylation sites (N-methyl/N-ethyl adjacent to an activating group) is 1. The highest BCUT2D eigenvalue weighted by atomic mass is 35.5. The largest absolute Gasteiger partial charge is 0.495 e. The summed E-state index contributed by atoms with van der Waals surface area (Å²) in [5.41, 5.74) is 0.683. The zero-order valence-corrected chi connectivity index (χ0v) is 10.8. The molecule has 1 heterocycles. The van der Waals surface area contributed by atoms with Gasteiger partial charge in [-0.1, -0.05) is 11.6 Å². The Morgan fingerprint density at radius 1 is 1.44 bits per heavy atom. The summed E-state index contributed by atoms with van der Waals surface area (Å²) in [5.74, 6) is 0.150. The van der Waals surface area contributed by atoms with Crippen molar-refractivity contribution in [1.29, 1.82) is 0 Å². The maximum atomic E-state index is 11.7. The molecule has 1 aromatic rings. The smallest absolute Gasteiger partial charge is 0.251 e. The van der Waals surface area contributed by atoms with E-state index in [1.165, 1.54) is 14.2 Å². The van der Waals surface area contributed by atoms with Gasteiger partial charge >= 0.3 is 0 Å². The molecule has 1 aromatic carbocycles. The molecule has 2 amide bonds. The lowest BCUT2D eigenvalue weighted by molar-refractivity contribution is -0.136. The number of carbonyl (C=O) groups is 2. The van der Waals surface area contributed by atoms with Crippen LogP contribution in [0.2, 0.25) is 5.02 Å². The third-order valence-electron chi connectivity index (χ3n) is 2.87. The lowest BCUT2D eigenvalue weighted by Gasteiger charge is -2.13. The fraction of sp³-hybridized carbons (Fsp3) is 0.333. The summed E-state index contributed by atoms with van der Waals surface area (Å²) in [6, 6.07) is 4.60. The molecule has 0 bridgehead atoms. The van der Waals surface area contributed by atoms with E-state index in [9.17, 15) is 9.59 Å². The van der Waals surface area contributed by atoms with Crippen LogP contribution >= 0.6 is 11.6 Å². The Morgan fingerprint density at radius 3 is 2.67 bits per heavy atom. The standard InChI is InChI=1S/C12H13ClN2O3/c1-15-11(16)6-9(12(15)17)14-7-3-4-10(18-2)8(13)5-7/h3-5,9,14H,6H2,1-2H3/t9-/m1/s1. The number of halogens is 1. The minimum absolute atomic E-state index is 0.166. The second-order valence-corrected chi connectivity index (χ2v) is 4.45. The predicted molar refractivity (Wildman–Crippen MR) is 67.8 cm³/mol. The van der Waals surface area contributed by atoms with Crippen molar-refractivity contribution in [1.82, 2.24) is 4.90 Å². The number of anilines is 1. The molecule has 0 radical (unpaired) electrons. The van der Waals surface area contributed by atoms with Gasteiger partial charge in [-0.25, -0.2) is 0 Å². The molecule has 5 nitrogen and oxygen atoms in total. The number of nitrogens with one attached hydrogen (secondary N) is 1. The van der Waals surface area contributed by atoms with Gasteiger partial charge < -0.3 is 10.1 Å². The van der Waals surface area contributed by atoms with E-state index in [-0.39, 0.29) is 18.2 Å². The van der Waals surface area contributed by atoms with Gasteiger partial charge in [0.1, 0.15) is 11.8 Å². The number of likely N-dealkylation sites (tertiary alicyclic amines) is 1. The summed E-state index contributed by atoms with van der Waals surface area (Å²) in [4.78, 5) is 24.2. The number of rotatable bonds is 3. The summed E-state index contributed by atoms with van der Waals surface area (Å²) in [6.45, 7) is 0. The molecular weight excluding hydrogens is 256 g/mol. The maximum absolute atomic E-state index is 11.7. The van der Waals surface area contributed by atoms with Gasteiger partial charge in [0.25, 0.3) is 5.91 Å². The van der Waals surface area contributed by atoms with E-state index in [2.05, 4.69) is 5.32 Å². The number of hydrogen-bond donors (Lipinski definition) is 1. The number of nitrogens with zero attached hydrogens (tertiary/aromatic N) is 1. The van der Waals surface area contributed by atoms with Crippen LogP contribution in [0.15, 0.2) is 18.2 Å². The molecule has 0 aliphatic carbocycles. The van der Waals surface area contributed by atoms with Crippen molar-refractivity contribution in [2.75, 3.05) is 19.5 Å². The van der Waals surface area contributed by atoms with Crippen LogP contribution in [0.5, 0.6) is 5.75 Å². The third kappa shape index (κ3) is 2.26. The van der Waals surface area contributed by atoms with E-state index in [0.29, 0.717) is 16.5 Å². The van der Waals surface area contributed by atoms with Crippen molar-refractivity contribution < 1.29 is 14.3 Å². The first-order valence-electron chi connectivity index (χ1n) is 5.43. The van der Waals surface area contributed by atoms with E-state index in [1.807, 2.05) is 0 Å². The number of hydrogen-bond acceptors (Lipinski definition) is 4. The molecule has 0 spiro atoms. The van der Waals surface area contributed by atoms with Crippen LogP contribution in [0.4, 0.5) is 5.69 Å². The first-order valence-corrected chi connectivity index (χ1v) is 5.81. The van der Waals surface area contributed by atoms with Gasteiger partial charge in [0.15, 0.2) is 0 Å². The van der Waals surface area contributed by atoms with Gasteiger partial charge in [0.2, 0.25) is 5.91 Å². The normalized spacial score (nSPS) is 19.3. The van der Waals surface area contributed by atoms with E-state index < -0.39 is 6.04 Å². The molecule has 2 rings (SSSR count). The molecule has 1 saturated heterocycles. The molecule has 6 heteroatoms. The summed E-state index contributed by atoms with van der Waals surface area (Å²) in [5, 5.41) is 3.44. The van der Waals surface area contributed by atoms with Gasteiger partial charge in [0.05, 0.1) is 18.6 Å². The van der Waals surface area contributed by atoms with Crippen LogP contribution in [0.25, 0.3) is 0 Å². The Balaban J connectivity index is 2.13. The minimum Gasteiger partial charge on any atom is -0.495 e. The molecular formula is C12H13ClN2O3. The molecule has 1 N–H and O–H groups in total. The summed E-state index contributed by atoms with van der Waals surface area (Å²) < 4.78 is 5.04. The predicted octanol–water partition coefficient (Wildman–Crippen LogP) is 1.52. The third-order valence-corrected chi connectivity index (χ3v) is 3.17. The van der Waals surface area contributed by atoms with Crippen molar-refractivity contribution in [3.63, 3.8) is 0 Å². The zero-order valence-electron chi connectivity index (χ0n) is 10.1. The van der Waals surface area contributed by atoms with Gasteiger partial charge in [-0.15, -0.1) is 0 Å². The van der Waals surface area contributed by atoms with Crippen LogP contribution in [0, 0.1) is 0 Å². The molecule has 1 aliphatic rings. The SMILES string of the molecule is COc1ccc(N[C@@H]2CC(=O)N(C)C2=O)cc1Cl. The molecule has 1 fully saturated rings. The minimum atomic E-state index is -0.521. The van der Waals surface area contributed by atoms with Crippen LogP contribution in [0.3, 0.4) is 0 Å². The van der Waals surface area contributed by atoms with Gasteiger partial charge in [0, 0.05) is 12.7 Å². The molecule has 0 saturated carbocycles. The second-order valence-electron chi connectivity index (χ2n) is 4.04. The van der Waals surface area contributed by atoms with E-state index >= 15 is 0 Å². The number of ether oxygens (including phenoxy) is 1. The maximum Gasteiger partial charge on any atom is 0.251 e. The molecule has 0 aromatic heterocycles. The summed E-state index contributed by atoms with van der Waals surface area (Å²) in [6.07, 6.45) is 0.166. The lowest BCUT2D eigenvalue weighted by Crippen LogP contribution is -2.31. The summed E-state index contributed by atoms with van der Waals surface area (Å²) in [7, 11) is 3.01. The zero-order chi connectivity index (χ0) is 13.3.